The summed E-state index contributed by atoms with van der Waals surface area (Å²) in [4.78, 5) is 0. The smallest absolute Gasteiger partial charge is 0.416 e. The van der Waals surface area contributed by atoms with Crippen LogP contribution >= 0.6 is 0 Å². The first-order valence-electron chi connectivity index (χ1n) is 5.98. The van der Waals surface area contributed by atoms with Gasteiger partial charge in [0.1, 0.15) is 5.76 Å². The van der Waals surface area contributed by atoms with Crippen molar-refractivity contribution in [3.63, 3.8) is 0 Å². The second kappa shape index (κ2) is 5.86. The number of benzene rings is 1. The van der Waals surface area contributed by atoms with Gasteiger partial charge >= 0.3 is 6.18 Å². The highest BCUT2D eigenvalue weighted by Gasteiger charge is 2.48. The molecule has 0 saturated heterocycles. The zero-order chi connectivity index (χ0) is 17.5. The van der Waals surface area contributed by atoms with Gasteiger partial charge in [0, 0.05) is 12.3 Å². The molecule has 0 aromatic heterocycles. The van der Waals surface area contributed by atoms with E-state index in [1.807, 2.05) is 0 Å². The van der Waals surface area contributed by atoms with Crippen LogP contribution in [0.15, 0.2) is 35.1 Å². The van der Waals surface area contributed by atoms with Gasteiger partial charge in [0.15, 0.2) is 29.1 Å². The largest absolute Gasteiger partial charge is 0.498 e. The minimum absolute atomic E-state index is 0.384. The molecule has 0 bridgehead atoms. The summed E-state index contributed by atoms with van der Waals surface area (Å²) in [5.74, 6) is -13.0. The zero-order valence-electron chi connectivity index (χ0n) is 11.2. The molecule has 23 heavy (non-hydrogen) atoms. The molecule has 0 aliphatic heterocycles. The number of methoxy groups -OCH3 is 1. The maximum atomic E-state index is 13.8. The average molecular weight is 343 g/mol. The van der Waals surface area contributed by atoms with E-state index < -0.39 is 58.1 Å². The summed E-state index contributed by atoms with van der Waals surface area (Å²) in [5, 5.41) is 0. The quantitative estimate of drug-likeness (QED) is 0.541. The Morgan fingerprint density at radius 2 is 1.52 bits per heavy atom. The van der Waals surface area contributed by atoms with Gasteiger partial charge < -0.3 is 4.74 Å². The Hall–Kier alpha value is -2.06. The summed E-state index contributed by atoms with van der Waals surface area (Å²) in [7, 11) is 0.857. The van der Waals surface area contributed by atoms with E-state index in [1.165, 1.54) is 0 Å². The van der Waals surface area contributed by atoms with Crippen LogP contribution in [-0.2, 0) is 4.74 Å². The van der Waals surface area contributed by atoms with Crippen molar-refractivity contribution in [2.24, 2.45) is 0 Å². The average Bonchev–Trinajstić information content (AvgIpc) is 2.46. The molecule has 0 fully saturated rings. The van der Waals surface area contributed by atoms with Crippen molar-refractivity contribution in [2.45, 2.75) is 12.1 Å². The number of hydrogen-bond acceptors (Lipinski definition) is 1. The Bertz CT molecular complexity index is 701. The van der Waals surface area contributed by atoms with Gasteiger partial charge in [-0.3, -0.25) is 0 Å². The molecule has 0 saturated carbocycles. The fourth-order valence-corrected chi connectivity index (χ4v) is 2.16. The van der Waals surface area contributed by atoms with Crippen molar-refractivity contribution >= 4 is 0 Å². The molecule has 0 spiro atoms. The summed E-state index contributed by atoms with van der Waals surface area (Å²) < 4.78 is 111. The molecule has 0 heterocycles. The highest BCUT2D eigenvalue weighted by molar-refractivity contribution is 5.49. The van der Waals surface area contributed by atoms with E-state index in [9.17, 15) is 35.1 Å². The van der Waals surface area contributed by atoms with Gasteiger partial charge in [-0.25, -0.2) is 17.6 Å². The molecule has 1 aliphatic carbocycles. The minimum Gasteiger partial charge on any atom is -0.498 e. The molecule has 1 aliphatic rings. The molecule has 125 valence electrons. The number of hydrogen-bond donors (Lipinski definition) is 0. The second-order valence-corrected chi connectivity index (χ2v) is 4.52. The van der Waals surface area contributed by atoms with E-state index in [0.717, 1.165) is 7.11 Å². The fraction of sp³-hybridized carbons (Fsp3) is 0.214. The molecule has 1 atom stereocenters. The van der Waals surface area contributed by atoms with Crippen LogP contribution in [0.5, 0.6) is 0 Å². The second-order valence-electron chi connectivity index (χ2n) is 4.52. The van der Waals surface area contributed by atoms with Gasteiger partial charge in [0.05, 0.1) is 12.7 Å². The van der Waals surface area contributed by atoms with Crippen LogP contribution in [0.2, 0.25) is 0 Å². The van der Waals surface area contributed by atoms with Gasteiger partial charge in [-0.05, 0) is 11.6 Å². The van der Waals surface area contributed by atoms with Crippen molar-refractivity contribution < 1.29 is 39.9 Å². The van der Waals surface area contributed by atoms with Crippen molar-refractivity contribution in [1.29, 1.82) is 0 Å². The van der Waals surface area contributed by atoms with E-state index in [4.69, 9.17) is 0 Å². The number of halogens is 8. The first-order valence-corrected chi connectivity index (χ1v) is 5.98. The highest BCUT2D eigenvalue weighted by Crippen LogP contribution is 2.48. The van der Waals surface area contributed by atoms with E-state index in [-0.39, 0.29) is 0 Å². The molecule has 2 rings (SSSR count). The third-order valence-corrected chi connectivity index (χ3v) is 3.20. The monoisotopic (exact) mass is 343 g/mol. The Balaban J connectivity index is 2.69. The van der Waals surface area contributed by atoms with Crippen LogP contribution in [0.3, 0.4) is 0 Å². The zero-order valence-corrected chi connectivity index (χ0v) is 11.2. The van der Waals surface area contributed by atoms with Gasteiger partial charge in [-0.15, -0.1) is 0 Å². The maximum Gasteiger partial charge on any atom is 0.416 e. The Morgan fingerprint density at radius 3 is 2.04 bits per heavy atom. The summed E-state index contributed by atoms with van der Waals surface area (Å²) in [5.41, 5.74) is -3.07. The van der Waals surface area contributed by atoms with Crippen LogP contribution in [0.4, 0.5) is 35.1 Å². The summed E-state index contributed by atoms with van der Waals surface area (Å²) in [6.07, 6.45) is -4.93. The lowest BCUT2D eigenvalue weighted by Gasteiger charge is -2.27. The number of allylic oxidation sites excluding steroid dienone is 4. The van der Waals surface area contributed by atoms with E-state index in [0.29, 0.717) is 18.6 Å². The van der Waals surface area contributed by atoms with Gasteiger partial charge in [0.25, 0.3) is 0 Å². The van der Waals surface area contributed by atoms with Gasteiger partial charge in [0.2, 0.25) is 0 Å². The molecule has 1 radical (unpaired) electrons. The molecule has 0 amide bonds. The van der Waals surface area contributed by atoms with Crippen LogP contribution in [0.25, 0.3) is 0 Å². The van der Waals surface area contributed by atoms with Crippen LogP contribution < -0.4 is 0 Å². The van der Waals surface area contributed by atoms with Crippen LogP contribution in [0.1, 0.15) is 11.5 Å². The Morgan fingerprint density at radius 1 is 0.913 bits per heavy atom. The summed E-state index contributed by atoms with van der Waals surface area (Å²) in [6.45, 7) is 0. The molecule has 1 nitrogen and oxygen atoms in total. The van der Waals surface area contributed by atoms with Crippen LogP contribution in [-0.4, -0.2) is 13.3 Å². The number of alkyl halides is 3. The maximum absolute atomic E-state index is 13.8. The standard InChI is InChI=1S/C14H7F8O/c1-23-8-4-6(5-2-3-7(15)11(17)10(5)16)9(14(20,21)22)13(19)12(8)18/h2-4,6H,1H3. The summed E-state index contributed by atoms with van der Waals surface area (Å²) >= 11 is 0. The first kappa shape index (κ1) is 17.3. The van der Waals surface area contributed by atoms with Gasteiger partial charge in [-0.2, -0.15) is 17.6 Å². The van der Waals surface area contributed by atoms with Crippen molar-refractivity contribution in [2.75, 3.05) is 7.11 Å². The first-order chi connectivity index (χ1) is 10.6. The fourth-order valence-electron chi connectivity index (χ4n) is 2.16. The Labute approximate surface area is 124 Å². The van der Waals surface area contributed by atoms with Crippen molar-refractivity contribution in [1.82, 2.24) is 0 Å². The lowest BCUT2D eigenvalue weighted by molar-refractivity contribution is -0.0975. The van der Waals surface area contributed by atoms with Gasteiger partial charge in [-0.1, -0.05) is 6.07 Å². The Kier molecular flexibility index (Phi) is 4.41. The van der Waals surface area contributed by atoms with E-state index in [1.54, 1.807) is 0 Å². The molecule has 1 aromatic rings. The number of rotatable bonds is 2. The third kappa shape index (κ3) is 2.91. The van der Waals surface area contributed by atoms with E-state index in [2.05, 4.69) is 4.74 Å². The molecular weight excluding hydrogens is 336 g/mol. The SMILES string of the molecule is COC1=C(F)C(F)=C(C(F)(F)F)C(c2ccc(F)c(F)c2F)[CH]1. The van der Waals surface area contributed by atoms with Crippen LogP contribution in [0, 0.1) is 23.9 Å². The predicted octanol–water partition coefficient (Wildman–Crippen LogP) is 5.02. The lowest BCUT2D eigenvalue weighted by atomic mass is 9.83. The predicted molar refractivity (Wildman–Crippen MR) is 62.7 cm³/mol. The van der Waals surface area contributed by atoms with Crippen molar-refractivity contribution in [3.8, 4) is 0 Å². The summed E-state index contributed by atoms with van der Waals surface area (Å²) in [6, 6.07) is 0.902. The molecular formula is C14H7F8O. The normalized spacial score (nSPS) is 19.4. The van der Waals surface area contributed by atoms with Crippen molar-refractivity contribution in [3.05, 3.63) is 64.6 Å². The molecule has 1 aromatic carbocycles. The molecule has 0 N–H and O–H groups in total. The molecule has 9 heteroatoms. The highest BCUT2D eigenvalue weighted by atomic mass is 19.4. The minimum atomic E-state index is -5.38. The molecule has 1 unspecified atom stereocenters. The topological polar surface area (TPSA) is 9.23 Å². The lowest BCUT2D eigenvalue weighted by Crippen LogP contribution is -2.26. The number of ether oxygens (including phenoxy) is 1. The van der Waals surface area contributed by atoms with E-state index >= 15 is 0 Å². The third-order valence-electron chi connectivity index (χ3n) is 3.20.